The maximum absolute atomic E-state index is 5.92. The highest BCUT2D eigenvalue weighted by Crippen LogP contribution is 2.35. The molecule has 1 atom stereocenters. The smallest absolute Gasteiger partial charge is 0.128 e. The zero-order valence-corrected chi connectivity index (χ0v) is 9.38. The van der Waals surface area contributed by atoms with Crippen LogP contribution in [0.2, 0.25) is 0 Å². The number of nitrogens with one attached hydrogen (secondary N) is 1. The lowest BCUT2D eigenvalue weighted by atomic mass is 9.97. The molecule has 0 saturated carbocycles. The van der Waals surface area contributed by atoms with E-state index in [0.29, 0.717) is 0 Å². The van der Waals surface area contributed by atoms with Crippen LogP contribution in [0.1, 0.15) is 12.1 Å². The average Bonchev–Trinajstić information content (AvgIpc) is 2.74. The predicted molar refractivity (Wildman–Crippen MR) is 55.0 cm³/mol. The number of rotatable bonds is 0. The maximum Gasteiger partial charge on any atom is 0.128 e. The zero-order chi connectivity index (χ0) is 9.60. The van der Waals surface area contributed by atoms with Gasteiger partial charge in [0.1, 0.15) is 10.2 Å². The van der Waals surface area contributed by atoms with Crippen LogP contribution in [0.25, 0.3) is 0 Å². The van der Waals surface area contributed by atoms with Gasteiger partial charge in [-0.05, 0) is 35.0 Å². The Hall–Kier alpha value is -0.390. The Morgan fingerprint density at radius 2 is 2.57 bits per heavy atom. The Kier molecular flexibility index (Phi) is 1.93. The Morgan fingerprint density at radius 1 is 1.64 bits per heavy atom. The first kappa shape index (κ1) is 8.88. The molecule has 2 aliphatic heterocycles. The quantitative estimate of drug-likeness (QED) is 0.750. The lowest BCUT2D eigenvalue weighted by Crippen LogP contribution is -2.40. The van der Waals surface area contributed by atoms with Crippen molar-refractivity contribution >= 4 is 15.9 Å². The molecule has 76 valence electrons. The van der Waals surface area contributed by atoms with Gasteiger partial charge in [-0.3, -0.25) is 4.68 Å². The molecular weight excluding hydrogens is 246 g/mol. The standard InChI is InChI=1S/C9H12BrN3O/c10-8-5-7-9(1-2-11-6-9)14-4-3-13(7)12-8/h5,11H,1-4,6H2/t9-/m0/s1. The summed E-state index contributed by atoms with van der Waals surface area (Å²) < 4.78 is 8.88. The minimum absolute atomic E-state index is 0.114. The summed E-state index contributed by atoms with van der Waals surface area (Å²) in [7, 11) is 0. The van der Waals surface area contributed by atoms with Gasteiger partial charge in [-0.2, -0.15) is 5.10 Å². The van der Waals surface area contributed by atoms with Crippen LogP contribution >= 0.6 is 15.9 Å². The summed E-state index contributed by atoms with van der Waals surface area (Å²) in [5.41, 5.74) is 1.10. The van der Waals surface area contributed by atoms with E-state index >= 15 is 0 Å². The minimum Gasteiger partial charge on any atom is -0.365 e. The maximum atomic E-state index is 5.92. The number of nitrogens with zero attached hydrogens (tertiary/aromatic N) is 2. The highest BCUT2D eigenvalue weighted by molar-refractivity contribution is 9.10. The van der Waals surface area contributed by atoms with Gasteiger partial charge in [0, 0.05) is 6.54 Å². The second kappa shape index (κ2) is 3.05. The van der Waals surface area contributed by atoms with Crippen molar-refractivity contribution in [1.29, 1.82) is 0 Å². The predicted octanol–water partition coefficient (Wildman–Crippen LogP) is 0.864. The van der Waals surface area contributed by atoms with Crippen molar-refractivity contribution in [3.63, 3.8) is 0 Å². The fourth-order valence-electron chi connectivity index (χ4n) is 2.33. The van der Waals surface area contributed by atoms with Gasteiger partial charge in [-0.25, -0.2) is 0 Å². The minimum atomic E-state index is -0.114. The summed E-state index contributed by atoms with van der Waals surface area (Å²) in [6.07, 6.45) is 1.05. The van der Waals surface area contributed by atoms with Gasteiger partial charge in [0.2, 0.25) is 0 Å². The molecule has 1 saturated heterocycles. The molecule has 0 radical (unpaired) electrons. The molecule has 3 rings (SSSR count). The molecule has 5 heteroatoms. The van der Waals surface area contributed by atoms with Crippen molar-refractivity contribution < 1.29 is 4.74 Å². The molecule has 1 aromatic heterocycles. The Bertz CT molecular complexity index is 357. The van der Waals surface area contributed by atoms with Crippen molar-refractivity contribution in [2.45, 2.75) is 18.6 Å². The number of halogens is 1. The summed E-state index contributed by atoms with van der Waals surface area (Å²) in [4.78, 5) is 0. The van der Waals surface area contributed by atoms with E-state index in [1.54, 1.807) is 0 Å². The Morgan fingerprint density at radius 3 is 3.36 bits per heavy atom. The van der Waals surface area contributed by atoms with Crippen LogP contribution in [-0.4, -0.2) is 29.5 Å². The summed E-state index contributed by atoms with van der Waals surface area (Å²) in [6, 6.07) is 2.08. The first-order chi connectivity index (χ1) is 6.80. The first-order valence-corrected chi connectivity index (χ1v) is 5.68. The molecule has 1 spiro atoms. The van der Waals surface area contributed by atoms with E-state index in [4.69, 9.17) is 4.74 Å². The van der Waals surface area contributed by atoms with Gasteiger partial charge in [-0.1, -0.05) is 0 Å². The van der Waals surface area contributed by atoms with Crippen molar-refractivity contribution in [3.8, 4) is 0 Å². The van der Waals surface area contributed by atoms with E-state index in [2.05, 4.69) is 37.1 Å². The molecule has 1 aromatic rings. The lowest BCUT2D eigenvalue weighted by Gasteiger charge is -2.33. The van der Waals surface area contributed by atoms with Gasteiger partial charge < -0.3 is 10.1 Å². The number of ether oxygens (including phenoxy) is 1. The number of aromatic nitrogens is 2. The summed E-state index contributed by atoms with van der Waals surface area (Å²) >= 11 is 3.41. The van der Waals surface area contributed by atoms with Crippen LogP contribution in [0.4, 0.5) is 0 Å². The van der Waals surface area contributed by atoms with Gasteiger partial charge in [-0.15, -0.1) is 0 Å². The van der Waals surface area contributed by atoms with E-state index in [0.717, 1.165) is 37.3 Å². The second-order valence-electron chi connectivity index (χ2n) is 3.84. The molecule has 2 aliphatic rings. The molecule has 0 aliphatic carbocycles. The molecule has 0 aromatic carbocycles. The first-order valence-electron chi connectivity index (χ1n) is 4.89. The Balaban J connectivity index is 2.09. The Labute approximate surface area is 90.7 Å². The lowest BCUT2D eigenvalue weighted by molar-refractivity contribution is -0.0657. The van der Waals surface area contributed by atoms with Gasteiger partial charge in [0.05, 0.1) is 18.8 Å². The zero-order valence-electron chi connectivity index (χ0n) is 7.79. The van der Waals surface area contributed by atoms with E-state index in [1.807, 2.05) is 0 Å². The van der Waals surface area contributed by atoms with Crippen molar-refractivity contribution in [2.24, 2.45) is 0 Å². The summed E-state index contributed by atoms with van der Waals surface area (Å²) in [5, 5.41) is 7.75. The van der Waals surface area contributed by atoms with E-state index < -0.39 is 0 Å². The second-order valence-corrected chi connectivity index (χ2v) is 4.66. The normalized spacial score (nSPS) is 30.9. The fourth-order valence-corrected chi connectivity index (χ4v) is 2.74. The summed E-state index contributed by atoms with van der Waals surface area (Å²) in [5.74, 6) is 0. The van der Waals surface area contributed by atoms with Gasteiger partial charge in [0.15, 0.2) is 0 Å². The third-order valence-electron chi connectivity index (χ3n) is 3.01. The molecule has 0 bridgehead atoms. The fraction of sp³-hybridized carbons (Fsp3) is 0.667. The molecular formula is C9H12BrN3O. The van der Waals surface area contributed by atoms with Crippen LogP contribution in [0.5, 0.6) is 0 Å². The van der Waals surface area contributed by atoms with Crippen LogP contribution in [0.15, 0.2) is 10.7 Å². The van der Waals surface area contributed by atoms with Crippen LogP contribution in [0.3, 0.4) is 0 Å². The molecule has 14 heavy (non-hydrogen) atoms. The van der Waals surface area contributed by atoms with Crippen LogP contribution < -0.4 is 5.32 Å². The molecule has 1 fully saturated rings. The van der Waals surface area contributed by atoms with Gasteiger partial charge >= 0.3 is 0 Å². The topological polar surface area (TPSA) is 39.1 Å². The van der Waals surface area contributed by atoms with Crippen LogP contribution in [0, 0.1) is 0 Å². The number of fused-ring (bicyclic) bond motifs is 2. The monoisotopic (exact) mass is 257 g/mol. The highest BCUT2D eigenvalue weighted by Gasteiger charge is 2.41. The average molecular weight is 258 g/mol. The van der Waals surface area contributed by atoms with E-state index in [-0.39, 0.29) is 5.60 Å². The van der Waals surface area contributed by atoms with Gasteiger partial charge in [0.25, 0.3) is 0 Å². The van der Waals surface area contributed by atoms with Crippen LogP contribution in [-0.2, 0) is 16.9 Å². The van der Waals surface area contributed by atoms with E-state index in [9.17, 15) is 0 Å². The molecule has 0 amide bonds. The number of hydrogen-bond acceptors (Lipinski definition) is 3. The molecule has 4 nitrogen and oxygen atoms in total. The third kappa shape index (κ3) is 1.16. The van der Waals surface area contributed by atoms with Crippen molar-refractivity contribution in [2.75, 3.05) is 19.7 Å². The highest BCUT2D eigenvalue weighted by atomic mass is 79.9. The molecule has 0 unspecified atom stereocenters. The van der Waals surface area contributed by atoms with Crippen molar-refractivity contribution in [1.82, 2.24) is 15.1 Å². The van der Waals surface area contributed by atoms with E-state index in [1.165, 1.54) is 5.69 Å². The molecule has 3 heterocycles. The SMILES string of the molecule is Brc1cc2n(n1)CCO[C@]21CCNC1. The third-order valence-corrected chi connectivity index (χ3v) is 3.40. The number of hydrogen-bond donors (Lipinski definition) is 1. The summed E-state index contributed by atoms with van der Waals surface area (Å²) in [6.45, 7) is 3.57. The van der Waals surface area contributed by atoms with Crippen molar-refractivity contribution in [3.05, 3.63) is 16.4 Å². The molecule has 1 N–H and O–H groups in total. The largest absolute Gasteiger partial charge is 0.365 e.